The first kappa shape index (κ1) is 16.5. The van der Waals surface area contributed by atoms with E-state index in [0.29, 0.717) is 12.1 Å². The second-order valence-electron chi connectivity index (χ2n) is 4.78. The number of halogens is 1. The maximum Gasteiger partial charge on any atom is 0.328 e. The summed E-state index contributed by atoms with van der Waals surface area (Å²) in [7, 11) is 0. The van der Waals surface area contributed by atoms with Crippen LogP contribution in [0.25, 0.3) is 0 Å². The van der Waals surface area contributed by atoms with Crippen LogP contribution < -0.4 is 5.32 Å². The number of carboxylic acid groups (broad SMARTS) is 1. The van der Waals surface area contributed by atoms with Crippen molar-refractivity contribution in [2.24, 2.45) is 0 Å². The summed E-state index contributed by atoms with van der Waals surface area (Å²) in [5.41, 5.74) is -1.04. The summed E-state index contributed by atoms with van der Waals surface area (Å²) >= 11 is 0. The fourth-order valence-electron chi connectivity index (χ4n) is 1.99. The molecule has 1 aromatic heterocycles. The Kier molecular flexibility index (Phi) is 6.04. The average molecular weight is 283 g/mol. The zero-order chi connectivity index (χ0) is 15.2. The molecule has 0 saturated carbocycles. The Balaban J connectivity index is 2.80. The van der Waals surface area contributed by atoms with Crippen molar-refractivity contribution in [3.63, 3.8) is 0 Å². The number of aromatic nitrogens is 1. The summed E-state index contributed by atoms with van der Waals surface area (Å²) < 4.78 is 13.2. The van der Waals surface area contributed by atoms with E-state index >= 15 is 0 Å². The van der Waals surface area contributed by atoms with Crippen molar-refractivity contribution in [3.8, 4) is 0 Å². The highest BCUT2D eigenvalue weighted by atomic mass is 19.1. The number of hydrogen-bond acceptors (Lipinski definition) is 4. The van der Waals surface area contributed by atoms with Gasteiger partial charge in [-0.05, 0) is 26.1 Å². The van der Waals surface area contributed by atoms with Gasteiger partial charge in [0.2, 0.25) is 0 Å². The van der Waals surface area contributed by atoms with Crippen LogP contribution in [-0.2, 0) is 10.3 Å². The molecule has 1 atom stereocenters. The first-order valence-electron chi connectivity index (χ1n) is 6.75. The van der Waals surface area contributed by atoms with Gasteiger partial charge in [-0.3, -0.25) is 10.3 Å². The Hall–Kier alpha value is -1.53. The van der Waals surface area contributed by atoms with E-state index < -0.39 is 17.3 Å². The molecular formula is C14H22FN3O2. The zero-order valence-corrected chi connectivity index (χ0v) is 12.2. The topological polar surface area (TPSA) is 65.5 Å². The van der Waals surface area contributed by atoms with Crippen molar-refractivity contribution in [1.29, 1.82) is 0 Å². The Morgan fingerprint density at radius 3 is 2.60 bits per heavy atom. The van der Waals surface area contributed by atoms with Crippen LogP contribution in [0.5, 0.6) is 0 Å². The van der Waals surface area contributed by atoms with Crippen molar-refractivity contribution < 1.29 is 14.3 Å². The minimum absolute atomic E-state index is 0.310. The van der Waals surface area contributed by atoms with Gasteiger partial charge < -0.3 is 10.0 Å². The predicted octanol–water partition coefficient (Wildman–Crippen LogP) is 1.45. The molecule has 2 N–H and O–H groups in total. The summed E-state index contributed by atoms with van der Waals surface area (Å²) in [6.07, 6.45) is 2.43. The van der Waals surface area contributed by atoms with Crippen LogP contribution in [-0.4, -0.2) is 47.1 Å². The van der Waals surface area contributed by atoms with E-state index in [1.807, 2.05) is 0 Å². The Morgan fingerprint density at radius 1 is 1.45 bits per heavy atom. The second kappa shape index (κ2) is 7.31. The molecule has 6 heteroatoms. The Morgan fingerprint density at radius 2 is 2.10 bits per heavy atom. The Bertz CT molecular complexity index is 452. The molecule has 0 amide bonds. The standard InChI is InChI=1S/C14H22FN3O2/c1-4-18(5-2)7-6-17-14(3,13(19)20)11-8-12(15)10-16-9-11/h8-10,17H,4-7H2,1-3H3,(H,19,20). The minimum Gasteiger partial charge on any atom is -0.480 e. The van der Waals surface area contributed by atoms with Crippen molar-refractivity contribution in [1.82, 2.24) is 15.2 Å². The molecule has 1 heterocycles. The quantitative estimate of drug-likeness (QED) is 0.756. The molecule has 0 bridgehead atoms. The monoisotopic (exact) mass is 283 g/mol. The molecule has 1 aromatic rings. The molecule has 0 radical (unpaired) electrons. The lowest BCUT2D eigenvalue weighted by molar-refractivity contribution is -0.144. The van der Waals surface area contributed by atoms with Gasteiger partial charge >= 0.3 is 5.97 Å². The number of nitrogens with one attached hydrogen (secondary N) is 1. The van der Waals surface area contributed by atoms with E-state index in [4.69, 9.17) is 0 Å². The predicted molar refractivity (Wildman–Crippen MR) is 75.0 cm³/mol. The fraction of sp³-hybridized carbons (Fsp3) is 0.571. The van der Waals surface area contributed by atoms with Crippen molar-refractivity contribution in [2.45, 2.75) is 26.3 Å². The molecule has 0 aliphatic carbocycles. The van der Waals surface area contributed by atoms with E-state index in [-0.39, 0.29) is 0 Å². The van der Waals surface area contributed by atoms with Gasteiger partial charge in [-0.15, -0.1) is 0 Å². The summed E-state index contributed by atoms with van der Waals surface area (Å²) in [5, 5.41) is 12.4. The maximum atomic E-state index is 13.2. The van der Waals surface area contributed by atoms with Crippen LogP contribution in [0.3, 0.4) is 0 Å². The fourth-order valence-corrected chi connectivity index (χ4v) is 1.99. The molecule has 112 valence electrons. The van der Waals surface area contributed by atoms with Gasteiger partial charge in [0.15, 0.2) is 0 Å². The number of rotatable bonds is 8. The Labute approximate surface area is 118 Å². The summed E-state index contributed by atoms with van der Waals surface area (Å²) in [6, 6.07) is 1.20. The molecule has 1 rings (SSSR count). The van der Waals surface area contributed by atoms with Crippen LogP contribution in [0.4, 0.5) is 4.39 Å². The molecule has 0 spiro atoms. The summed E-state index contributed by atoms with van der Waals surface area (Å²) in [4.78, 5) is 17.4. The lowest BCUT2D eigenvalue weighted by Crippen LogP contribution is -2.49. The molecule has 1 unspecified atom stereocenters. The lowest BCUT2D eigenvalue weighted by Gasteiger charge is -2.28. The van der Waals surface area contributed by atoms with Crippen LogP contribution >= 0.6 is 0 Å². The number of carbonyl (C=O) groups is 1. The molecule has 0 saturated heterocycles. The highest BCUT2D eigenvalue weighted by molar-refractivity contribution is 5.80. The van der Waals surface area contributed by atoms with E-state index in [0.717, 1.165) is 25.8 Å². The number of likely N-dealkylation sites (N-methyl/N-ethyl adjacent to an activating group) is 1. The molecule has 0 aromatic carbocycles. The van der Waals surface area contributed by atoms with Crippen molar-refractivity contribution in [3.05, 3.63) is 29.8 Å². The van der Waals surface area contributed by atoms with Gasteiger partial charge in [-0.25, -0.2) is 9.18 Å². The van der Waals surface area contributed by atoms with Gasteiger partial charge in [0.25, 0.3) is 0 Å². The van der Waals surface area contributed by atoms with E-state index in [1.54, 1.807) is 0 Å². The smallest absolute Gasteiger partial charge is 0.328 e. The normalized spacial score (nSPS) is 14.2. The van der Waals surface area contributed by atoms with E-state index in [9.17, 15) is 14.3 Å². The highest BCUT2D eigenvalue weighted by Crippen LogP contribution is 2.20. The van der Waals surface area contributed by atoms with Crippen LogP contribution in [0.15, 0.2) is 18.5 Å². The van der Waals surface area contributed by atoms with Gasteiger partial charge in [0.1, 0.15) is 11.4 Å². The zero-order valence-electron chi connectivity index (χ0n) is 12.2. The minimum atomic E-state index is -1.34. The molecule has 0 fully saturated rings. The van der Waals surface area contributed by atoms with E-state index in [1.165, 1.54) is 19.2 Å². The maximum absolute atomic E-state index is 13.2. The number of nitrogens with zero attached hydrogens (tertiary/aromatic N) is 2. The van der Waals surface area contributed by atoms with Gasteiger partial charge in [0.05, 0.1) is 6.20 Å². The van der Waals surface area contributed by atoms with Crippen molar-refractivity contribution in [2.75, 3.05) is 26.2 Å². The third-order valence-corrected chi connectivity index (χ3v) is 3.51. The molecule has 0 aliphatic heterocycles. The molecular weight excluding hydrogens is 261 g/mol. The second-order valence-corrected chi connectivity index (χ2v) is 4.78. The highest BCUT2D eigenvalue weighted by Gasteiger charge is 2.35. The lowest BCUT2D eigenvalue weighted by atomic mass is 9.93. The molecule has 5 nitrogen and oxygen atoms in total. The van der Waals surface area contributed by atoms with Crippen LogP contribution in [0.2, 0.25) is 0 Å². The summed E-state index contributed by atoms with van der Waals surface area (Å²) in [5.74, 6) is -1.59. The number of pyridine rings is 1. The van der Waals surface area contributed by atoms with Crippen LogP contribution in [0, 0.1) is 5.82 Å². The third kappa shape index (κ3) is 3.98. The van der Waals surface area contributed by atoms with Gasteiger partial charge in [-0.1, -0.05) is 13.8 Å². The van der Waals surface area contributed by atoms with Crippen LogP contribution in [0.1, 0.15) is 26.3 Å². The number of hydrogen-bond donors (Lipinski definition) is 2. The number of carboxylic acids is 1. The molecule has 0 aliphatic rings. The average Bonchev–Trinajstić information content (AvgIpc) is 2.43. The van der Waals surface area contributed by atoms with Gasteiger partial charge in [-0.2, -0.15) is 0 Å². The number of aliphatic carboxylic acids is 1. The molecule has 20 heavy (non-hydrogen) atoms. The third-order valence-electron chi connectivity index (χ3n) is 3.51. The SMILES string of the molecule is CCN(CC)CCNC(C)(C(=O)O)c1cncc(F)c1. The summed E-state index contributed by atoms with van der Waals surface area (Å²) in [6.45, 7) is 8.67. The van der Waals surface area contributed by atoms with E-state index in [2.05, 4.69) is 29.0 Å². The first-order valence-corrected chi connectivity index (χ1v) is 6.75. The van der Waals surface area contributed by atoms with Gasteiger partial charge in [0, 0.05) is 24.8 Å². The largest absolute Gasteiger partial charge is 0.480 e. The first-order chi connectivity index (χ1) is 9.43. The van der Waals surface area contributed by atoms with Crippen molar-refractivity contribution >= 4 is 5.97 Å².